The third kappa shape index (κ3) is 3.72. The van der Waals surface area contributed by atoms with E-state index in [1.165, 1.54) is 0 Å². The van der Waals surface area contributed by atoms with Gasteiger partial charge < -0.3 is 9.88 Å². The van der Waals surface area contributed by atoms with Gasteiger partial charge in [-0.3, -0.25) is 0 Å². The lowest BCUT2D eigenvalue weighted by Gasteiger charge is -2.12. The van der Waals surface area contributed by atoms with Gasteiger partial charge in [-0.25, -0.2) is 4.98 Å². The molecule has 1 N–H and O–H groups in total. The summed E-state index contributed by atoms with van der Waals surface area (Å²) in [7, 11) is 0. The van der Waals surface area contributed by atoms with Crippen LogP contribution < -0.4 is 5.32 Å². The number of halogens is 2. The Morgan fingerprint density at radius 3 is 2.84 bits per heavy atom. The minimum Gasteiger partial charge on any atom is -0.329 e. The SMILES string of the molecule is CC(C)NCc1nccn1Cc1cccc(Cl)c1Cl. The smallest absolute Gasteiger partial charge is 0.122 e. The topological polar surface area (TPSA) is 29.9 Å². The van der Waals surface area contributed by atoms with Crippen LogP contribution in [0.25, 0.3) is 0 Å². The lowest BCUT2D eigenvalue weighted by atomic mass is 10.2. The van der Waals surface area contributed by atoms with E-state index in [0.29, 0.717) is 22.6 Å². The average Bonchev–Trinajstić information content (AvgIpc) is 2.80. The maximum absolute atomic E-state index is 6.21. The van der Waals surface area contributed by atoms with Crippen LogP contribution in [-0.2, 0) is 13.1 Å². The predicted octanol–water partition coefficient (Wildman–Crippen LogP) is 3.74. The summed E-state index contributed by atoms with van der Waals surface area (Å²) < 4.78 is 2.08. The molecule has 0 atom stereocenters. The van der Waals surface area contributed by atoms with Crippen LogP contribution >= 0.6 is 23.2 Å². The molecule has 0 saturated carbocycles. The maximum Gasteiger partial charge on any atom is 0.122 e. The third-order valence-electron chi connectivity index (χ3n) is 2.84. The summed E-state index contributed by atoms with van der Waals surface area (Å²) in [4.78, 5) is 4.36. The van der Waals surface area contributed by atoms with Gasteiger partial charge in [-0.15, -0.1) is 0 Å². The molecular weight excluding hydrogens is 281 g/mol. The number of aromatic nitrogens is 2. The normalized spacial score (nSPS) is 11.2. The molecule has 0 fully saturated rings. The van der Waals surface area contributed by atoms with E-state index in [9.17, 15) is 0 Å². The van der Waals surface area contributed by atoms with Gasteiger partial charge >= 0.3 is 0 Å². The molecule has 0 aliphatic carbocycles. The molecule has 0 aliphatic rings. The zero-order chi connectivity index (χ0) is 13.8. The van der Waals surface area contributed by atoms with Crippen molar-refractivity contribution >= 4 is 23.2 Å². The van der Waals surface area contributed by atoms with Crippen molar-refractivity contribution in [2.24, 2.45) is 0 Å². The molecule has 19 heavy (non-hydrogen) atoms. The minimum absolute atomic E-state index is 0.430. The second-order valence-electron chi connectivity index (χ2n) is 4.72. The summed E-state index contributed by atoms with van der Waals surface area (Å²) in [6, 6.07) is 6.11. The van der Waals surface area contributed by atoms with Gasteiger partial charge in [-0.1, -0.05) is 49.2 Å². The molecule has 3 nitrogen and oxygen atoms in total. The fourth-order valence-electron chi connectivity index (χ4n) is 1.80. The van der Waals surface area contributed by atoms with E-state index in [2.05, 4.69) is 28.7 Å². The minimum atomic E-state index is 0.430. The summed E-state index contributed by atoms with van der Waals surface area (Å²) in [5.41, 5.74) is 0.998. The van der Waals surface area contributed by atoms with Crippen LogP contribution in [0.3, 0.4) is 0 Å². The molecule has 2 rings (SSSR count). The Bertz CT molecular complexity index is 549. The van der Waals surface area contributed by atoms with Crippen molar-refractivity contribution in [2.45, 2.75) is 33.0 Å². The van der Waals surface area contributed by atoms with Crippen LogP contribution in [0.4, 0.5) is 0 Å². The Morgan fingerprint density at radius 2 is 2.11 bits per heavy atom. The van der Waals surface area contributed by atoms with Gasteiger partial charge in [0.25, 0.3) is 0 Å². The largest absolute Gasteiger partial charge is 0.329 e. The molecule has 1 aromatic carbocycles. The molecule has 1 heterocycles. The van der Waals surface area contributed by atoms with E-state index in [1.54, 1.807) is 12.3 Å². The van der Waals surface area contributed by atoms with Crippen LogP contribution in [0.2, 0.25) is 10.0 Å². The van der Waals surface area contributed by atoms with Crippen molar-refractivity contribution in [1.82, 2.24) is 14.9 Å². The molecule has 0 aliphatic heterocycles. The van der Waals surface area contributed by atoms with Gasteiger partial charge in [-0.05, 0) is 11.6 Å². The quantitative estimate of drug-likeness (QED) is 0.911. The van der Waals surface area contributed by atoms with Crippen molar-refractivity contribution < 1.29 is 0 Å². The number of hydrogen-bond acceptors (Lipinski definition) is 2. The summed E-state index contributed by atoms with van der Waals surface area (Å²) in [6.07, 6.45) is 3.75. The van der Waals surface area contributed by atoms with E-state index in [0.717, 1.165) is 17.9 Å². The summed E-state index contributed by atoms with van der Waals surface area (Å²) in [5, 5.41) is 4.55. The molecule has 2 aromatic rings. The fourth-order valence-corrected chi connectivity index (χ4v) is 2.18. The second-order valence-corrected chi connectivity index (χ2v) is 5.51. The van der Waals surface area contributed by atoms with Crippen molar-refractivity contribution in [3.8, 4) is 0 Å². The van der Waals surface area contributed by atoms with Gasteiger partial charge in [-0.2, -0.15) is 0 Å². The van der Waals surface area contributed by atoms with E-state index in [-0.39, 0.29) is 0 Å². The Labute approximate surface area is 123 Å². The molecule has 0 radical (unpaired) electrons. The first-order chi connectivity index (χ1) is 9.08. The van der Waals surface area contributed by atoms with Gasteiger partial charge in [0.05, 0.1) is 23.1 Å². The van der Waals surface area contributed by atoms with Crippen LogP contribution in [0.1, 0.15) is 25.2 Å². The highest BCUT2D eigenvalue weighted by Crippen LogP contribution is 2.26. The van der Waals surface area contributed by atoms with E-state index < -0.39 is 0 Å². The van der Waals surface area contributed by atoms with E-state index >= 15 is 0 Å². The first-order valence-corrected chi connectivity index (χ1v) is 7.00. The monoisotopic (exact) mass is 297 g/mol. The molecule has 5 heteroatoms. The number of nitrogens with one attached hydrogen (secondary N) is 1. The second kappa shape index (κ2) is 6.42. The first-order valence-electron chi connectivity index (χ1n) is 6.24. The Balaban J connectivity index is 2.15. The Hall–Kier alpha value is -1.03. The molecular formula is C14H17Cl2N3. The zero-order valence-electron chi connectivity index (χ0n) is 11.0. The molecule has 0 spiro atoms. The van der Waals surface area contributed by atoms with E-state index in [4.69, 9.17) is 23.2 Å². The highest BCUT2D eigenvalue weighted by atomic mass is 35.5. The number of imidazole rings is 1. The molecule has 0 saturated heterocycles. The lowest BCUT2D eigenvalue weighted by Crippen LogP contribution is -2.24. The van der Waals surface area contributed by atoms with Gasteiger partial charge in [0, 0.05) is 18.4 Å². The van der Waals surface area contributed by atoms with Crippen LogP contribution in [0.5, 0.6) is 0 Å². The third-order valence-corrected chi connectivity index (χ3v) is 3.70. The Kier molecular flexibility index (Phi) is 4.86. The fraction of sp³-hybridized carbons (Fsp3) is 0.357. The van der Waals surface area contributed by atoms with Gasteiger partial charge in [0.15, 0.2) is 0 Å². The number of benzene rings is 1. The highest BCUT2D eigenvalue weighted by Gasteiger charge is 2.08. The number of hydrogen-bond donors (Lipinski definition) is 1. The van der Waals surface area contributed by atoms with Gasteiger partial charge in [0.2, 0.25) is 0 Å². The van der Waals surface area contributed by atoms with Crippen molar-refractivity contribution in [3.63, 3.8) is 0 Å². The molecule has 0 amide bonds. The van der Waals surface area contributed by atoms with Crippen LogP contribution in [-0.4, -0.2) is 15.6 Å². The van der Waals surface area contributed by atoms with Gasteiger partial charge in [0.1, 0.15) is 5.82 Å². The van der Waals surface area contributed by atoms with Crippen molar-refractivity contribution in [1.29, 1.82) is 0 Å². The molecule has 0 unspecified atom stereocenters. The zero-order valence-corrected chi connectivity index (χ0v) is 12.5. The van der Waals surface area contributed by atoms with Crippen LogP contribution in [0.15, 0.2) is 30.6 Å². The lowest BCUT2D eigenvalue weighted by molar-refractivity contribution is 0.554. The molecule has 1 aromatic heterocycles. The predicted molar refractivity (Wildman–Crippen MR) is 79.8 cm³/mol. The standard InChI is InChI=1S/C14H17Cl2N3/c1-10(2)18-8-13-17-6-7-19(13)9-11-4-3-5-12(15)14(11)16/h3-7,10,18H,8-9H2,1-2H3. The summed E-state index contributed by atoms with van der Waals surface area (Å²) in [5.74, 6) is 0.991. The molecule has 0 bridgehead atoms. The van der Waals surface area contributed by atoms with Crippen molar-refractivity contribution in [3.05, 3.63) is 52.0 Å². The number of rotatable bonds is 5. The first kappa shape index (κ1) is 14.4. The summed E-state index contributed by atoms with van der Waals surface area (Å²) in [6.45, 7) is 5.64. The number of nitrogens with zero attached hydrogens (tertiary/aromatic N) is 2. The summed E-state index contributed by atoms with van der Waals surface area (Å²) >= 11 is 12.2. The van der Waals surface area contributed by atoms with E-state index in [1.807, 2.05) is 18.3 Å². The maximum atomic E-state index is 6.21. The molecule has 102 valence electrons. The van der Waals surface area contributed by atoms with Crippen LogP contribution in [0, 0.1) is 0 Å². The van der Waals surface area contributed by atoms with Crippen molar-refractivity contribution in [2.75, 3.05) is 0 Å². The Morgan fingerprint density at radius 1 is 1.32 bits per heavy atom. The average molecular weight is 298 g/mol. The highest BCUT2D eigenvalue weighted by molar-refractivity contribution is 6.42.